The van der Waals surface area contributed by atoms with Crippen LogP contribution in [0.15, 0.2) is 60.7 Å². The van der Waals surface area contributed by atoms with Crippen molar-refractivity contribution in [2.45, 2.75) is 0 Å². The molecule has 3 rings (SSSR count). The average molecular weight is 338 g/mol. The maximum Gasteiger partial charge on any atom is 0.229 e. The standard InChI is InChI=1S/C19H19FN4O/c1-25-12-11-21-18-13-17(14-7-3-2-4-8-14)23-19(24-18)22-16-10-6-5-9-15(16)20/h2-10,13H,11-12H2,1H3,(H2,21,22,23,24). The fourth-order valence-corrected chi connectivity index (χ4v) is 2.31. The number of halogens is 1. The molecule has 2 aromatic carbocycles. The number of rotatable bonds is 7. The summed E-state index contributed by atoms with van der Waals surface area (Å²) >= 11 is 0. The van der Waals surface area contributed by atoms with Crippen LogP contribution in [0.1, 0.15) is 0 Å². The number of anilines is 3. The van der Waals surface area contributed by atoms with Crippen molar-refractivity contribution >= 4 is 17.5 Å². The number of aromatic nitrogens is 2. The number of methoxy groups -OCH3 is 1. The summed E-state index contributed by atoms with van der Waals surface area (Å²) < 4.78 is 18.9. The van der Waals surface area contributed by atoms with Gasteiger partial charge in [0.25, 0.3) is 0 Å². The van der Waals surface area contributed by atoms with Gasteiger partial charge >= 0.3 is 0 Å². The van der Waals surface area contributed by atoms with Crippen molar-refractivity contribution in [3.8, 4) is 11.3 Å². The van der Waals surface area contributed by atoms with E-state index in [1.165, 1.54) is 6.07 Å². The summed E-state index contributed by atoms with van der Waals surface area (Å²) in [6, 6.07) is 18.1. The van der Waals surface area contributed by atoms with Crippen molar-refractivity contribution in [3.05, 3.63) is 66.5 Å². The molecular formula is C19H19FN4O. The molecule has 2 N–H and O–H groups in total. The molecule has 0 aliphatic heterocycles. The molecule has 0 spiro atoms. The Bertz CT molecular complexity index is 827. The van der Waals surface area contributed by atoms with E-state index in [4.69, 9.17) is 4.74 Å². The highest BCUT2D eigenvalue weighted by molar-refractivity contribution is 5.66. The second kappa shape index (κ2) is 8.21. The SMILES string of the molecule is COCCNc1cc(-c2ccccc2)nc(Nc2ccccc2F)n1. The van der Waals surface area contributed by atoms with E-state index in [-0.39, 0.29) is 5.82 Å². The number of hydrogen-bond acceptors (Lipinski definition) is 5. The predicted octanol–water partition coefficient (Wildman–Crippen LogP) is 4.08. The van der Waals surface area contributed by atoms with Gasteiger partial charge in [0.1, 0.15) is 11.6 Å². The minimum absolute atomic E-state index is 0.325. The summed E-state index contributed by atoms with van der Waals surface area (Å²) in [5, 5.41) is 6.13. The Morgan fingerprint density at radius 2 is 1.76 bits per heavy atom. The van der Waals surface area contributed by atoms with Crippen LogP contribution >= 0.6 is 0 Å². The van der Waals surface area contributed by atoms with Crippen LogP contribution in [0.5, 0.6) is 0 Å². The molecule has 0 radical (unpaired) electrons. The number of para-hydroxylation sites is 1. The van der Waals surface area contributed by atoms with E-state index in [0.29, 0.717) is 30.6 Å². The van der Waals surface area contributed by atoms with Crippen molar-refractivity contribution in [1.29, 1.82) is 0 Å². The highest BCUT2D eigenvalue weighted by Gasteiger charge is 2.09. The van der Waals surface area contributed by atoms with Gasteiger partial charge in [-0.05, 0) is 12.1 Å². The fraction of sp³-hybridized carbons (Fsp3) is 0.158. The van der Waals surface area contributed by atoms with Crippen molar-refractivity contribution in [2.24, 2.45) is 0 Å². The van der Waals surface area contributed by atoms with Crippen LogP contribution in [0.2, 0.25) is 0 Å². The Balaban J connectivity index is 1.93. The van der Waals surface area contributed by atoms with Gasteiger partial charge in [-0.1, -0.05) is 42.5 Å². The van der Waals surface area contributed by atoms with Crippen molar-refractivity contribution < 1.29 is 9.13 Å². The van der Waals surface area contributed by atoms with Crippen LogP contribution in [-0.4, -0.2) is 30.2 Å². The molecule has 5 nitrogen and oxygen atoms in total. The van der Waals surface area contributed by atoms with Gasteiger partial charge < -0.3 is 15.4 Å². The number of ether oxygens (including phenoxy) is 1. The van der Waals surface area contributed by atoms with Gasteiger partial charge in [0.15, 0.2) is 0 Å². The molecule has 0 aliphatic rings. The molecule has 3 aromatic rings. The zero-order valence-electron chi connectivity index (χ0n) is 13.9. The summed E-state index contributed by atoms with van der Waals surface area (Å²) in [5.74, 6) is 0.612. The van der Waals surface area contributed by atoms with Gasteiger partial charge in [0, 0.05) is 25.3 Å². The molecule has 1 heterocycles. The van der Waals surface area contributed by atoms with E-state index in [9.17, 15) is 4.39 Å². The smallest absolute Gasteiger partial charge is 0.229 e. The first-order chi connectivity index (χ1) is 12.3. The Morgan fingerprint density at radius 3 is 2.52 bits per heavy atom. The fourth-order valence-electron chi connectivity index (χ4n) is 2.31. The van der Waals surface area contributed by atoms with Gasteiger partial charge in [-0.25, -0.2) is 9.37 Å². The minimum atomic E-state index is -0.356. The monoisotopic (exact) mass is 338 g/mol. The molecule has 0 amide bonds. The third kappa shape index (κ3) is 4.51. The van der Waals surface area contributed by atoms with E-state index in [0.717, 1.165) is 11.3 Å². The van der Waals surface area contributed by atoms with Crippen LogP contribution in [0.4, 0.5) is 21.8 Å². The Labute approximate surface area is 145 Å². The molecular weight excluding hydrogens is 319 g/mol. The highest BCUT2D eigenvalue weighted by atomic mass is 19.1. The van der Waals surface area contributed by atoms with Crippen LogP contribution < -0.4 is 10.6 Å². The van der Waals surface area contributed by atoms with E-state index in [1.54, 1.807) is 25.3 Å². The van der Waals surface area contributed by atoms with E-state index in [2.05, 4.69) is 20.6 Å². The lowest BCUT2D eigenvalue weighted by Crippen LogP contribution is -2.10. The second-order valence-electron chi connectivity index (χ2n) is 5.35. The summed E-state index contributed by atoms with van der Waals surface area (Å²) in [4.78, 5) is 8.92. The lowest BCUT2D eigenvalue weighted by molar-refractivity contribution is 0.210. The first kappa shape index (κ1) is 16.9. The van der Waals surface area contributed by atoms with Crippen molar-refractivity contribution in [1.82, 2.24) is 9.97 Å². The number of benzene rings is 2. The molecule has 0 unspecified atom stereocenters. The molecule has 0 fully saturated rings. The molecule has 0 saturated heterocycles. The van der Waals surface area contributed by atoms with Gasteiger partial charge in [0.05, 0.1) is 18.0 Å². The summed E-state index contributed by atoms with van der Waals surface area (Å²) in [7, 11) is 1.64. The Hall–Kier alpha value is -2.99. The van der Waals surface area contributed by atoms with Crippen LogP contribution in [0.25, 0.3) is 11.3 Å². The third-order valence-corrected chi connectivity index (χ3v) is 3.53. The average Bonchev–Trinajstić information content (AvgIpc) is 2.64. The molecule has 0 saturated carbocycles. The summed E-state index contributed by atoms with van der Waals surface area (Å²) in [6.45, 7) is 1.17. The van der Waals surface area contributed by atoms with Gasteiger partial charge in [0.2, 0.25) is 5.95 Å². The lowest BCUT2D eigenvalue weighted by Gasteiger charge is -2.11. The summed E-state index contributed by atoms with van der Waals surface area (Å²) in [5.41, 5.74) is 2.03. The maximum absolute atomic E-state index is 13.9. The topological polar surface area (TPSA) is 59.1 Å². The molecule has 0 aliphatic carbocycles. The number of nitrogens with one attached hydrogen (secondary N) is 2. The zero-order chi connectivity index (χ0) is 17.5. The van der Waals surface area contributed by atoms with Crippen molar-refractivity contribution in [2.75, 3.05) is 30.9 Å². The normalized spacial score (nSPS) is 10.5. The van der Waals surface area contributed by atoms with Gasteiger partial charge in [-0.15, -0.1) is 0 Å². The maximum atomic E-state index is 13.9. The summed E-state index contributed by atoms with van der Waals surface area (Å²) in [6.07, 6.45) is 0. The van der Waals surface area contributed by atoms with Crippen LogP contribution in [-0.2, 0) is 4.74 Å². The number of nitrogens with zero attached hydrogens (tertiary/aromatic N) is 2. The molecule has 1 aromatic heterocycles. The highest BCUT2D eigenvalue weighted by Crippen LogP contribution is 2.23. The lowest BCUT2D eigenvalue weighted by atomic mass is 10.1. The minimum Gasteiger partial charge on any atom is -0.383 e. The predicted molar refractivity (Wildman–Crippen MR) is 97.5 cm³/mol. The Morgan fingerprint density at radius 1 is 1.00 bits per heavy atom. The first-order valence-corrected chi connectivity index (χ1v) is 7.95. The first-order valence-electron chi connectivity index (χ1n) is 7.95. The Kier molecular flexibility index (Phi) is 5.53. The van der Waals surface area contributed by atoms with Crippen LogP contribution in [0.3, 0.4) is 0 Å². The van der Waals surface area contributed by atoms with Gasteiger partial charge in [-0.3, -0.25) is 0 Å². The quantitative estimate of drug-likeness (QED) is 0.636. The molecule has 6 heteroatoms. The van der Waals surface area contributed by atoms with E-state index in [1.807, 2.05) is 36.4 Å². The molecule has 0 atom stereocenters. The molecule has 0 bridgehead atoms. The zero-order valence-corrected chi connectivity index (χ0v) is 13.9. The van der Waals surface area contributed by atoms with Crippen LogP contribution in [0, 0.1) is 5.82 Å². The molecule has 128 valence electrons. The second-order valence-corrected chi connectivity index (χ2v) is 5.35. The third-order valence-electron chi connectivity index (χ3n) is 3.53. The van der Waals surface area contributed by atoms with E-state index < -0.39 is 0 Å². The number of hydrogen-bond donors (Lipinski definition) is 2. The van der Waals surface area contributed by atoms with Crippen molar-refractivity contribution in [3.63, 3.8) is 0 Å². The largest absolute Gasteiger partial charge is 0.383 e. The van der Waals surface area contributed by atoms with E-state index >= 15 is 0 Å². The van der Waals surface area contributed by atoms with Gasteiger partial charge in [-0.2, -0.15) is 4.98 Å². The molecule has 25 heavy (non-hydrogen) atoms.